The smallest absolute Gasteiger partial charge is 0.387 e. The Labute approximate surface area is 253 Å². The van der Waals surface area contributed by atoms with Crippen LogP contribution < -0.4 is 5.73 Å². The maximum Gasteiger partial charge on any atom is 0.401 e. The first-order valence-electron chi connectivity index (χ1n) is 15.2. The summed E-state index contributed by atoms with van der Waals surface area (Å²) in [5, 5.41) is 22.1. The van der Waals surface area contributed by atoms with Crippen molar-refractivity contribution in [1.29, 1.82) is 0 Å². The van der Waals surface area contributed by atoms with Gasteiger partial charge in [-0.15, -0.1) is 0 Å². The molecule has 13 heteroatoms. The average molecular weight is 616 g/mol. The summed E-state index contributed by atoms with van der Waals surface area (Å²) in [6.07, 6.45) is -2.45. The van der Waals surface area contributed by atoms with Crippen LogP contribution in [-0.2, 0) is 16.6 Å². The Hall–Kier alpha value is -3.26. The van der Waals surface area contributed by atoms with Crippen molar-refractivity contribution < 1.29 is 28.1 Å². The van der Waals surface area contributed by atoms with E-state index in [9.17, 15) is 23.4 Å². The van der Waals surface area contributed by atoms with Crippen molar-refractivity contribution in [3.8, 4) is 0 Å². The maximum atomic E-state index is 13.6. The van der Waals surface area contributed by atoms with Crippen LogP contribution in [0.4, 0.5) is 19.0 Å². The number of nitrogen functional groups attached to an aromatic ring is 1. The molecule has 10 nitrogen and oxygen atoms in total. The molecule has 0 radical (unpaired) electrons. The van der Waals surface area contributed by atoms with Gasteiger partial charge in [-0.25, -0.2) is 15.0 Å². The number of fused-ring (bicyclic) bond motifs is 2. The largest absolute Gasteiger partial charge is 0.401 e. The molecule has 238 valence electrons. The second-order valence-corrected chi connectivity index (χ2v) is 13.4. The highest BCUT2D eigenvalue weighted by molar-refractivity contribution is 5.86. The van der Waals surface area contributed by atoms with Gasteiger partial charge in [0.25, 0.3) is 0 Å². The maximum absolute atomic E-state index is 13.6. The van der Waals surface area contributed by atoms with E-state index in [1.54, 1.807) is 12.3 Å². The Morgan fingerprint density at radius 3 is 2.61 bits per heavy atom. The van der Waals surface area contributed by atoms with Crippen molar-refractivity contribution in [1.82, 2.24) is 29.4 Å². The number of benzene rings is 1. The number of nitrogens with two attached hydrogens (primary N) is 1. The Morgan fingerprint density at radius 2 is 1.89 bits per heavy atom. The predicted octanol–water partition coefficient (Wildman–Crippen LogP) is 4.47. The first kappa shape index (κ1) is 30.8. The normalized spacial score (nSPS) is 26.2. The molecule has 4 heterocycles. The molecular weight excluding hydrogens is 575 g/mol. The molecule has 2 fully saturated rings. The van der Waals surface area contributed by atoms with Crippen molar-refractivity contribution >= 4 is 27.9 Å². The second-order valence-electron chi connectivity index (χ2n) is 13.4. The van der Waals surface area contributed by atoms with Crippen LogP contribution in [-0.4, -0.2) is 83.2 Å². The number of ether oxygens (including phenoxy) is 1. The molecule has 0 bridgehead atoms. The van der Waals surface area contributed by atoms with E-state index in [0.717, 1.165) is 36.1 Å². The van der Waals surface area contributed by atoms with Crippen molar-refractivity contribution in [2.45, 2.75) is 95.0 Å². The van der Waals surface area contributed by atoms with Crippen LogP contribution in [0.15, 0.2) is 36.8 Å². The van der Waals surface area contributed by atoms with E-state index in [-0.39, 0.29) is 23.8 Å². The molecule has 1 aliphatic carbocycles. The van der Waals surface area contributed by atoms with Gasteiger partial charge in [0.2, 0.25) is 0 Å². The molecule has 4 aromatic rings. The molecule has 4 atom stereocenters. The van der Waals surface area contributed by atoms with Gasteiger partial charge in [0, 0.05) is 25.2 Å². The van der Waals surface area contributed by atoms with Gasteiger partial charge in [-0.2, -0.15) is 13.2 Å². The van der Waals surface area contributed by atoms with Gasteiger partial charge in [-0.05, 0) is 60.8 Å². The molecule has 5 N–H and O–H groups in total. The zero-order valence-electron chi connectivity index (χ0n) is 25.1. The summed E-state index contributed by atoms with van der Waals surface area (Å²) < 4.78 is 48.4. The number of nitrogens with one attached hydrogen (secondary N) is 1. The van der Waals surface area contributed by atoms with Gasteiger partial charge in [0.1, 0.15) is 41.9 Å². The quantitative estimate of drug-likeness (QED) is 0.216. The first-order valence-corrected chi connectivity index (χ1v) is 15.2. The third-order valence-corrected chi connectivity index (χ3v) is 9.10. The minimum atomic E-state index is -4.41. The predicted molar refractivity (Wildman–Crippen MR) is 160 cm³/mol. The van der Waals surface area contributed by atoms with E-state index in [1.165, 1.54) is 21.4 Å². The number of aliphatic hydroxyl groups is 2. The molecule has 1 saturated carbocycles. The molecule has 0 spiro atoms. The summed E-state index contributed by atoms with van der Waals surface area (Å²) >= 11 is 0. The molecule has 6 rings (SSSR count). The Kier molecular flexibility index (Phi) is 8.10. The molecule has 1 saturated heterocycles. The van der Waals surface area contributed by atoms with E-state index in [0.29, 0.717) is 29.8 Å². The van der Waals surface area contributed by atoms with Gasteiger partial charge in [0.05, 0.1) is 23.0 Å². The van der Waals surface area contributed by atoms with Crippen molar-refractivity contribution in [2.24, 2.45) is 5.92 Å². The SMILES string of the molecule is CC(C)(C)c1ccc2nc(CCCC3CC(N(C[C@H]4O[C@@H](n5ccc6c(N)ncnc65)[C@H](O)[C@@H]4O)CC(F)(F)F)C3)[nH]c2c1. The first-order chi connectivity index (χ1) is 20.8. The van der Waals surface area contributed by atoms with Crippen molar-refractivity contribution in [2.75, 3.05) is 18.8 Å². The van der Waals surface area contributed by atoms with Crippen molar-refractivity contribution in [3.63, 3.8) is 0 Å². The average Bonchev–Trinajstić information content (AvgIpc) is 3.60. The number of aromatic amines is 1. The second kappa shape index (κ2) is 11.6. The number of hydrogen-bond acceptors (Lipinski definition) is 8. The number of aliphatic hydroxyl groups excluding tert-OH is 2. The summed E-state index contributed by atoms with van der Waals surface area (Å²) in [5.41, 5.74) is 9.55. The number of nitrogens with zero attached hydrogens (tertiary/aromatic N) is 5. The van der Waals surface area contributed by atoms with Crippen LogP contribution in [0, 0.1) is 5.92 Å². The topological polar surface area (TPSA) is 138 Å². The highest BCUT2D eigenvalue weighted by Gasteiger charge is 2.47. The number of imidazole rings is 1. The monoisotopic (exact) mass is 615 g/mol. The third-order valence-electron chi connectivity index (χ3n) is 9.10. The molecule has 2 aliphatic rings. The molecular formula is C31H40F3N7O3. The molecule has 0 unspecified atom stereocenters. The molecule has 44 heavy (non-hydrogen) atoms. The number of aryl methyl sites for hydroxylation is 1. The third kappa shape index (κ3) is 6.28. The van der Waals surface area contributed by atoms with Gasteiger partial charge in [0.15, 0.2) is 6.23 Å². The summed E-state index contributed by atoms with van der Waals surface area (Å²) in [6.45, 7) is 5.26. The Balaban J connectivity index is 1.05. The van der Waals surface area contributed by atoms with E-state index >= 15 is 0 Å². The van der Waals surface area contributed by atoms with E-state index in [4.69, 9.17) is 15.5 Å². The van der Waals surface area contributed by atoms with Crippen molar-refractivity contribution in [3.05, 3.63) is 48.2 Å². The number of aromatic nitrogens is 5. The summed E-state index contributed by atoms with van der Waals surface area (Å²) in [5.74, 6) is 1.49. The van der Waals surface area contributed by atoms with E-state index < -0.39 is 37.3 Å². The highest BCUT2D eigenvalue weighted by Crippen LogP contribution is 2.39. The molecule has 0 amide bonds. The lowest BCUT2D eigenvalue weighted by Gasteiger charge is -2.44. The molecule has 1 aromatic carbocycles. The minimum Gasteiger partial charge on any atom is -0.387 e. The van der Waals surface area contributed by atoms with Gasteiger partial charge < -0.3 is 30.2 Å². The lowest BCUT2D eigenvalue weighted by Crippen LogP contribution is -2.52. The number of anilines is 1. The standard InChI is InChI=1S/C31H40F3N7O3/c1-30(2,3)18-7-8-21-22(13-18)39-24(38-21)6-4-5-17-11-19(12-17)40(15-31(32,33)34)14-23-25(42)26(43)29(44-23)41-10-9-20-27(35)36-16-37-28(20)41/h7-10,13,16-17,19,23,25-26,29,42-43H,4-6,11-12,14-15H2,1-3H3,(H,38,39)(H2,35,36,37)/t17?,19?,23-,25-,26-,29-/m1/s1. The van der Waals surface area contributed by atoms with E-state index in [2.05, 4.69) is 47.9 Å². The van der Waals surface area contributed by atoms with Crippen LogP contribution >= 0.6 is 0 Å². The fourth-order valence-electron chi connectivity index (χ4n) is 6.55. The van der Waals surface area contributed by atoms with E-state index in [1.807, 2.05) is 6.07 Å². The minimum absolute atomic E-state index is 0.0472. The number of hydrogen-bond donors (Lipinski definition) is 4. The Morgan fingerprint density at radius 1 is 1.11 bits per heavy atom. The summed E-state index contributed by atoms with van der Waals surface area (Å²) in [7, 11) is 0. The summed E-state index contributed by atoms with van der Waals surface area (Å²) in [6, 6.07) is 7.68. The van der Waals surface area contributed by atoms with Gasteiger partial charge in [-0.1, -0.05) is 26.8 Å². The van der Waals surface area contributed by atoms with Crippen LogP contribution in [0.2, 0.25) is 0 Å². The number of alkyl halides is 3. The number of halogens is 3. The Bertz CT molecular complexity index is 1610. The lowest BCUT2D eigenvalue weighted by atomic mass is 9.76. The summed E-state index contributed by atoms with van der Waals surface area (Å²) in [4.78, 5) is 17.6. The lowest BCUT2D eigenvalue weighted by molar-refractivity contribution is -0.164. The number of H-pyrrole nitrogens is 1. The van der Waals surface area contributed by atoms with Gasteiger partial charge in [-0.3, -0.25) is 4.90 Å². The molecule has 1 aliphatic heterocycles. The zero-order valence-corrected chi connectivity index (χ0v) is 25.1. The fraction of sp³-hybridized carbons (Fsp3) is 0.581. The van der Waals surface area contributed by atoms with Crippen LogP contribution in [0.1, 0.15) is 64.1 Å². The highest BCUT2D eigenvalue weighted by atomic mass is 19.4. The van der Waals surface area contributed by atoms with Crippen LogP contribution in [0.3, 0.4) is 0 Å². The van der Waals surface area contributed by atoms with Crippen LogP contribution in [0.5, 0.6) is 0 Å². The van der Waals surface area contributed by atoms with Crippen LogP contribution in [0.25, 0.3) is 22.1 Å². The molecule has 3 aromatic heterocycles. The zero-order chi connectivity index (χ0) is 31.4. The fourth-order valence-corrected chi connectivity index (χ4v) is 6.55. The number of rotatable bonds is 9. The van der Waals surface area contributed by atoms with Gasteiger partial charge >= 0.3 is 6.18 Å².